The van der Waals surface area contributed by atoms with E-state index in [9.17, 15) is 0 Å². The Balaban J connectivity index is 2.00. The lowest BCUT2D eigenvalue weighted by molar-refractivity contribution is -0.0241. The van der Waals surface area contributed by atoms with Gasteiger partial charge in [-0.25, -0.2) is 4.98 Å². The summed E-state index contributed by atoms with van der Waals surface area (Å²) in [5.74, 6) is 1.02. The molecule has 82 valence electrons. The Morgan fingerprint density at radius 1 is 1.40 bits per heavy atom. The molecule has 15 heavy (non-hydrogen) atoms. The first kappa shape index (κ1) is 10.4. The van der Waals surface area contributed by atoms with Crippen LogP contribution < -0.4 is 10.6 Å². The molecule has 1 saturated heterocycles. The summed E-state index contributed by atoms with van der Waals surface area (Å²) in [6, 6.07) is 5.95. The summed E-state index contributed by atoms with van der Waals surface area (Å²) in [6.45, 7) is 1.81. The van der Waals surface area contributed by atoms with Gasteiger partial charge in [0.1, 0.15) is 11.5 Å². The van der Waals surface area contributed by atoms with Crippen LogP contribution >= 0.6 is 0 Å². The maximum atomic E-state index is 6.03. The zero-order valence-electron chi connectivity index (χ0n) is 9.02. The molecule has 0 aromatic carbocycles. The Hall–Kier alpha value is -1.13. The minimum absolute atomic E-state index is 0.439. The summed E-state index contributed by atoms with van der Waals surface area (Å²) < 4.78 is 5.29. The second-order valence-electron chi connectivity index (χ2n) is 3.94. The minimum Gasteiger partial charge on any atom is -0.364 e. The summed E-state index contributed by atoms with van der Waals surface area (Å²) in [6.07, 6.45) is 3.51. The van der Waals surface area contributed by atoms with Crippen LogP contribution in [0.5, 0.6) is 0 Å². The average molecular weight is 207 g/mol. The number of nitrogens with two attached hydrogens (primary N) is 1. The van der Waals surface area contributed by atoms with Crippen molar-refractivity contribution in [1.82, 2.24) is 4.98 Å². The number of hydrogen-bond acceptors (Lipinski definition) is 4. The second kappa shape index (κ2) is 4.16. The Kier molecular flexibility index (Phi) is 2.88. The van der Waals surface area contributed by atoms with Crippen molar-refractivity contribution in [2.45, 2.75) is 18.6 Å². The van der Waals surface area contributed by atoms with Crippen LogP contribution in [-0.2, 0) is 4.74 Å². The van der Waals surface area contributed by atoms with Crippen LogP contribution in [0.3, 0.4) is 0 Å². The number of rotatable bonds is 2. The molecule has 1 aromatic rings. The largest absolute Gasteiger partial charge is 0.364 e. The van der Waals surface area contributed by atoms with Crippen molar-refractivity contribution in [3.05, 3.63) is 24.4 Å². The first-order chi connectivity index (χ1) is 7.23. The SMILES string of the molecule is COC1(N)CCN(c2ccccn2)CC1. The fraction of sp³-hybridized carbons (Fsp3) is 0.545. The van der Waals surface area contributed by atoms with Gasteiger partial charge in [0.15, 0.2) is 0 Å². The zero-order valence-corrected chi connectivity index (χ0v) is 9.02. The average Bonchev–Trinajstić information content (AvgIpc) is 2.31. The molecular weight excluding hydrogens is 190 g/mol. The highest BCUT2D eigenvalue weighted by Gasteiger charge is 2.30. The van der Waals surface area contributed by atoms with Gasteiger partial charge < -0.3 is 15.4 Å². The molecule has 0 radical (unpaired) electrons. The van der Waals surface area contributed by atoms with Crippen LogP contribution in [0, 0.1) is 0 Å². The van der Waals surface area contributed by atoms with Crippen molar-refractivity contribution in [3.8, 4) is 0 Å². The molecule has 0 aliphatic carbocycles. The molecule has 2 heterocycles. The van der Waals surface area contributed by atoms with Crippen LogP contribution in [0.2, 0.25) is 0 Å². The highest BCUT2D eigenvalue weighted by atomic mass is 16.5. The van der Waals surface area contributed by atoms with E-state index in [1.165, 1.54) is 0 Å². The van der Waals surface area contributed by atoms with E-state index in [0.29, 0.717) is 0 Å². The molecule has 4 heteroatoms. The van der Waals surface area contributed by atoms with Gasteiger partial charge in [-0.2, -0.15) is 0 Å². The minimum atomic E-state index is -0.439. The van der Waals surface area contributed by atoms with E-state index in [1.54, 1.807) is 7.11 Å². The lowest BCUT2D eigenvalue weighted by Gasteiger charge is -2.38. The van der Waals surface area contributed by atoms with Gasteiger partial charge in [0, 0.05) is 39.2 Å². The van der Waals surface area contributed by atoms with Crippen LogP contribution in [0.15, 0.2) is 24.4 Å². The highest BCUT2D eigenvalue weighted by Crippen LogP contribution is 2.23. The van der Waals surface area contributed by atoms with Gasteiger partial charge in [-0.1, -0.05) is 6.07 Å². The predicted molar refractivity (Wildman–Crippen MR) is 59.6 cm³/mol. The number of aromatic nitrogens is 1. The van der Waals surface area contributed by atoms with Gasteiger partial charge in [0.05, 0.1) is 0 Å². The van der Waals surface area contributed by atoms with Crippen molar-refractivity contribution in [1.29, 1.82) is 0 Å². The number of pyridine rings is 1. The molecule has 0 atom stereocenters. The van der Waals surface area contributed by atoms with Crippen molar-refractivity contribution < 1.29 is 4.74 Å². The normalized spacial score (nSPS) is 20.3. The smallest absolute Gasteiger partial charge is 0.128 e. The summed E-state index contributed by atoms with van der Waals surface area (Å²) in [7, 11) is 1.68. The maximum absolute atomic E-state index is 6.03. The van der Waals surface area contributed by atoms with E-state index in [4.69, 9.17) is 10.5 Å². The second-order valence-corrected chi connectivity index (χ2v) is 3.94. The molecule has 0 spiro atoms. The third-order valence-corrected chi connectivity index (χ3v) is 2.99. The monoisotopic (exact) mass is 207 g/mol. The van der Waals surface area contributed by atoms with Crippen LogP contribution in [-0.4, -0.2) is 30.9 Å². The molecule has 0 bridgehead atoms. The maximum Gasteiger partial charge on any atom is 0.128 e. The quantitative estimate of drug-likeness (QED) is 0.735. The number of piperidine rings is 1. The molecule has 0 amide bonds. The summed E-state index contributed by atoms with van der Waals surface area (Å²) >= 11 is 0. The fourth-order valence-electron chi connectivity index (χ4n) is 1.86. The summed E-state index contributed by atoms with van der Waals surface area (Å²) in [5.41, 5.74) is 5.59. The Labute approximate surface area is 90.0 Å². The molecule has 1 fully saturated rings. The number of anilines is 1. The van der Waals surface area contributed by atoms with Gasteiger partial charge >= 0.3 is 0 Å². The Bertz CT molecular complexity index is 307. The summed E-state index contributed by atoms with van der Waals surface area (Å²) in [5, 5.41) is 0. The number of ether oxygens (including phenoxy) is 1. The van der Waals surface area contributed by atoms with E-state index in [0.717, 1.165) is 31.7 Å². The van der Waals surface area contributed by atoms with Gasteiger partial charge in [-0.3, -0.25) is 0 Å². The topological polar surface area (TPSA) is 51.4 Å². The predicted octanol–water partition coefficient (Wildman–Crippen LogP) is 0.983. The summed E-state index contributed by atoms with van der Waals surface area (Å²) in [4.78, 5) is 6.56. The van der Waals surface area contributed by atoms with E-state index >= 15 is 0 Å². The van der Waals surface area contributed by atoms with Crippen LogP contribution in [0.1, 0.15) is 12.8 Å². The molecule has 1 aromatic heterocycles. The lowest BCUT2D eigenvalue weighted by Crippen LogP contribution is -2.51. The van der Waals surface area contributed by atoms with Crippen molar-refractivity contribution in [2.75, 3.05) is 25.1 Å². The highest BCUT2D eigenvalue weighted by molar-refractivity contribution is 5.38. The third-order valence-electron chi connectivity index (χ3n) is 2.99. The molecular formula is C11H17N3O. The lowest BCUT2D eigenvalue weighted by atomic mass is 10.0. The molecule has 0 saturated carbocycles. The first-order valence-electron chi connectivity index (χ1n) is 5.23. The molecule has 2 N–H and O–H groups in total. The standard InChI is InChI=1S/C11H17N3O/c1-15-11(12)5-8-14(9-6-11)10-4-2-3-7-13-10/h2-4,7H,5-6,8-9,12H2,1H3. The molecule has 2 rings (SSSR count). The third kappa shape index (κ3) is 2.27. The molecule has 1 aliphatic heterocycles. The Morgan fingerprint density at radius 3 is 2.67 bits per heavy atom. The number of methoxy groups -OCH3 is 1. The van der Waals surface area contributed by atoms with Gasteiger partial charge in [0.2, 0.25) is 0 Å². The van der Waals surface area contributed by atoms with Crippen LogP contribution in [0.4, 0.5) is 5.82 Å². The van der Waals surface area contributed by atoms with Gasteiger partial charge in [-0.05, 0) is 12.1 Å². The van der Waals surface area contributed by atoms with Crippen molar-refractivity contribution >= 4 is 5.82 Å². The number of nitrogens with zero attached hydrogens (tertiary/aromatic N) is 2. The molecule has 0 unspecified atom stereocenters. The van der Waals surface area contributed by atoms with E-state index < -0.39 is 5.72 Å². The molecule has 1 aliphatic rings. The Morgan fingerprint density at radius 2 is 2.13 bits per heavy atom. The molecule has 4 nitrogen and oxygen atoms in total. The fourth-order valence-corrected chi connectivity index (χ4v) is 1.86. The van der Waals surface area contributed by atoms with E-state index in [-0.39, 0.29) is 0 Å². The van der Waals surface area contributed by atoms with Crippen molar-refractivity contribution in [3.63, 3.8) is 0 Å². The zero-order chi connectivity index (χ0) is 10.7. The van der Waals surface area contributed by atoms with Gasteiger partial charge in [0.25, 0.3) is 0 Å². The van der Waals surface area contributed by atoms with E-state index in [1.807, 2.05) is 24.4 Å². The van der Waals surface area contributed by atoms with E-state index in [2.05, 4.69) is 9.88 Å². The number of hydrogen-bond donors (Lipinski definition) is 1. The first-order valence-corrected chi connectivity index (χ1v) is 5.23. The van der Waals surface area contributed by atoms with Gasteiger partial charge in [-0.15, -0.1) is 0 Å². The van der Waals surface area contributed by atoms with Crippen LogP contribution in [0.25, 0.3) is 0 Å². The van der Waals surface area contributed by atoms with Crippen molar-refractivity contribution in [2.24, 2.45) is 5.73 Å².